The molecule has 10 nitrogen and oxygen atoms in total. The number of carbonyl (C=O) groups excluding carboxylic acids is 1. The predicted molar refractivity (Wildman–Crippen MR) is 112 cm³/mol. The SMILES string of the molecule is CCN1C(=O)OCc2cnc(N[C@@H](C)c3ccc(COC4CN(C(=O)O)C4)cc3)nc21. The first-order valence-electron chi connectivity index (χ1n) is 10.2. The standard InChI is InChI=1S/C21H25N5O5/c1-3-26-18-16(12-31-21(26)29)8-22-19(24-18)23-13(2)15-6-4-14(5-7-15)11-30-17-9-25(10-17)20(27)28/h4-8,13,17H,3,9-12H2,1-2H3,(H,27,28)(H,22,23,24)/t13-/m0/s1. The van der Waals surface area contributed by atoms with Crippen LogP contribution < -0.4 is 10.2 Å². The first kappa shape index (κ1) is 20.9. The van der Waals surface area contributed by atoms with E-state index in [0.717, 1.165) is 16.7 Å². The van der Waals surface area contributed by atoms with Crippen molar-refractivity contribution in [3.05, 3.63) is 47.2 Å². The third kappa shape index (κ3) is 4.53. The molecule has 2 N–H and O–H groups in total. The molecule has 0 radical (unpaired) electrons. The molecular formula is C21H25N5O5. The number of likely N-dealkylation sites (tertiary alicyclic amines) is 1. The highest BCUT2D eigenvalue weighted by Gasteiger charge is 2.31. The first-order valence-corrected chi connectivity index (χ1v) is 10.2. The van der Waals surface area contributed by atoms with Gasteiger partial charge in [-0.15, -0.1) is 0 Å². The van der Waals surface area contributed by atoms with Crippen LogP contribution >= 0.6 is 0 Å². The summed E-state index contributed by atoms with van der Waals surface area (Å²) < 4.78 is 10.9. The van der Waals surface area contributed by atoms with Gasteiger partial charge in [-0.2, -0.15) is 4.98 Å². The van der Waals surface area contributed by atoms with E-state index in [1.165, 1.54) is 9.80 Å². The average molecular weight is 427 g/mol. The number of hydrogen-bond donors (Lipinski definition) is 2. The van der Waals surface area contributed by atoms with E-state index < -0.39 is 12.2 Å². The molecule has 0 bridgehead atoms. The molecule has 2 amide bonds. The lowest BCUT2D eigenvalue weighted by Crippen LogP contribution is -2.54. The number of amides is 2. The third-order valence-electron chi connectivity index (χ3n) is 5.41. The van der Waals surface area contributed by atoms with Gasteiger partial charge in [-0.05, 0) is 25.0 Å². The molecule has 10 heteroatoms. The van der Waals surface area contributed by atoms with Crippen LogP contribution in [-0.2, 0) is 22.7 Å². The molecule has 0 aliphatic carbocycles. The Labute approximate surface area is 179 Å². The zero-order valence-corrected chi connectivity index (χ0v) is 17.4. The minimum atomic E-state index is -0.907. The molecule has 1 aromatic carbocycles. The van der Waals surface area contributed by atoms with Crippen LogP contribution in [0.4, 0.5) is 21.4 Å². The molecule has 1 aromatic heterocycles. The summed E-state index contributed by atoms with van der Waals surface area (Å²) in [6.07, 6.45) is 0.329. The van der Waals surface area contributed by atoms with Crippen molar-refractivity contribution in [3.63, 3.8) is 0 Å². The van der Waals surface area contributed by atoms with Gasteiger partial charge in [0.1, 0.15) is 12.4 Å². The number of nitrogens with zero attached hydrogens (tertiary/aromatic N) is 4. The monoisotopic (exact) mass is 427 g/mol. The topological polar surface area (TPSA) is 117 Å². The number of nitrogens with one attached hydrogen (secondary N) is 1. The molecule has 4 rings (SSSR count). The maximum Gasteiger partial charge on any atom is 0.415 e. The van der Waals surface area contributed by atoms with Crippen molar-refractivity contribution in [2.75, 3.05) is 29.9 Å². The van der Waals surface area contributed by atoms with E-state index >= 15 is 0 Å². The Hall–Kier alpha value is -3.40. The number of carboxylic acid groups (broad SMARTS) is 1. The molecule has 1 saturated heterocycles. The van der Waals surface area contributed by atoms with Gasteiger partial charge in [0, 0.05) is 12.7 Å². The smallest absolute Gasteiger partial charge is 0.415 e. The molecule has 2 aromatic rings. The number of cyclic esters (lactones) is 1. The third-order valence-corrected chi connectivity index (χ3v) is 5.41. The van der Waals surface area contributed by atoms with E-state index in [0.29, 0.717) is 38.0 Å². The minimum absolute atomic E-state index is 0.0440. The number of benzene rings is 1. The second kappa shape index (κ2) is 8.76. The molecule has 1 fully saturated rings. The van der Waals surface area contributed by atoms with Crippen LogP contribution in [0.25, 0.3) is 0 Å². The zero-order chi connectivity index (χ0) is 22.0. The van der Waals surface area contributed by atoms with E-state index in [1.54, 1.807) is 6.20 Å². The fraction of sp³-hybridized carbons (Fsp3) is 0.429. The number of ether oxygens (including phenoxy) is 2. The van der Waals surface area contributed by atoms with E-state index in [2.05, 4.69) is 15.3 Å². The maximum atomic E-state index is 11.9. The highest BCUT2D eigenvalue weighted by molar-refractivity contribution is 5.89. The summed E-state index contributed by atoms with van der Waals surface area (Å²) in [6.45, 7) is 5.80. The summed E-state index contributed by atoms with van der Waals surface area (Å²) in [7, 11) is 0. The van der Waals surface area contributed by atoms with Gasteiger partial charge in [-0.3, -0.25) is 4.90 Å². The lowest BCUT2D eigenvalue weighted by atomic mass is 10.1. The number of carbonyl (C=O) groups is 2. The predicted octanol–water partition coefficient (Wildman–Crippen LogP) is 3.01. The molecule has 0 spiro atoms. The van der Waals surface area contributed by atoms with Crippen LogP contribution in [0.2, 0.25) is 0 Å². The van der Waals surface area contributed by atoms with Crippen molar-refractivity contribution in [2.45, 2.75) is 39.2 Å². The highest BCUT2D eigenvalue weighted by atomic mass is 16.6. The van der Waals surface area contributed by atoms with Gasteiger partial charge in [-0.1, -0.05) is 24.3 Å². The van der Waals surface area contributed by atoms with Crippen LogP contribution in [-0.4, -0.2) is 57.9 Å². The van der Waals surface area contributed by atoms with Crippen molar-refractivity contribution < 1.29 is 24.2 Å². The Kier molecular flexibility index (Phi) is 5.90. The Balaban J connectivity index is 1.34. The van der Waals surface area contributed by atoms with Gasteiger partial charge in [0.2, 0.25) is 5.95 Å². The number of rotatable bonds is 7. The van der Waals surface area contributed by atoms with Gasteiger partial charge in [-0.25, -0.2) is 14.6 Å². The quantitative estimate of drug-likeness (QED) is 0.693. The molecule has 1 atom stereocenters. The van der Waals surface area contributed by atoms with Crippen LogP contribution in [0.3, 0.4) is 0 Å². The first-order chi connectivity index (χ1) is 14.9. The molecule has 2 aliphatic rings. The Morgan fingerprint density at radius 2 is 2.10 bits per heavy atom. The summed E-state index contributed by atoms with van der Waals surface area (Å²) in [5.74, 6) is 1.02. The highest BCUT2D eigenvalue weighted by Crippen LogP contribution is 2.26. The van der Waals surface area contributed by atoms with Crippen LogP contribution in [0, 0.1) is 0 Å². The van der Waals surface area contributed by atoms with E-state index in [-0.39, 0.29) is 18.8 Å². The van der Waals surface area contributed by atoms with Crippen molar-refractivity contribution in [1.29, 1.82) is 0 Å². The van der Waals surface area contributed by atoms with Crippen molar-refractivity contribution in [1.82, 2.24) is 14.9 Å². The maximum absolute atomic E-state index is 11.9. The fourth-order valence-electron chi connectivity index (χ4n) is 3.48. The van der Waals surface area contributed by atoms with Crippen molar-refractivity contribution in [3.8, 4) is 0 Å². The van der Waals surface area contributed by atoms with Gasteiger partial charge < -0.3 is 24.8 Å². The molecule has 0 saturated carbocycles. The summed E-state index contributed by atoms with van der Waals surface area (Å²) in [4.78, 5) is 34.4. The van der Waals surface area contributed by atoms with Crippen LogP contribution in [0.5, 0.6) is 0 Å². The Morgan fingerprint density at radius 1 is 1.35 bits per heavy atom. The Morgan fingerprint density at radius 3 is 2.77 bits per heavy atom. The van der Waals surface area contributed by atoms with Gasteiger partial charge in [0.05, 0.1) is 37.4 Å². The molecular weight excluding hydrogens is 402 g/mol. The normalized spacial score (nSPS) is 16.9. The fourth-order valence-corrected chi connectivity index (χ4v) is 3.48. The summed E-state index contributed by atoms with van der Waals surface area (Å²) in [6, 6.07) is 7.95. The number of fused-ring (bicyclic) bond motifs is 1. The van der Waals surface area contributed by atoms with Gasteiger partial charge >= 0.3 is 12.2 Å². The van der Waals surface area contributed by atoms with Crippen molar-refractivity contribution >= 4 is 24.0 Å². The lowest BCUT2D eigenvalue weighted by molar-refractivity contribution is -0.0522. The van der Waals surface area contributed by atoms with Gasteiger partial charge in [0.15, 0.2) is 0 Å². The summed E-state index contributed by atoms with van der Waals surface area (Å²) in [5.41, 5.74) is 2.85. The lowest BCUT2D eigenvalue weighted by Gasteiger charge is -2.36. The van der Waals surface area contributed by atoms with Crippen LogP contribution in [0.15, 0.2) is 30.5 Å². The second-order valence-corrected chi connectivity index (χ2v) is 7.57. The van der Waals surface area contributed by atoms with Gasteiger partial charge in [0.25, 0.3) is 0 Å². The molecule has 31 heavy (non-hydrogen) atoms. The summed E-state index contributed by atoms with van der Waals surface area (Å²) >= 11 is 0. The molecule has 2 aliphatic heterocycles. The Bertz CT molecular complexity index is 961. The second-order valence-electron chi connectivity index (χ2n) is 7.57. The largest absolute Gasteiger partial charge is 0.465 e. The van der Waals surface area contributed by atoms with E-state index in [4.69, 9.17) is 14.6 Å². The molecule has 3 heterocycles. The van der Waals surface area contributed by atoms with Crippen molar-refractivity contribution in [2.24, 2.45) is 0 Å². The van der Waals surface area contributed by atoms with E-state index in [1.807, 2.05) is 38.1 Å². The number of aromatic nitrogens is 2. The van der Waals surface area contributed by atoms with E-state index in [9.17, 15) is 9.59 Å². The average Bonchev–Trinajstić information content (AvgIpc) is 2.72. The summed E-state index contributed by atoms with van der Waals surface area (Å²) in [5, 5.41) is 12.1. The minimum Gasteiger partial charge on any atom is -0.465 e. The zero-order valence-electron chi connectivity index (χ0n) is 17.4. The van der Waals surface area contributed by atoms with Crippen LogP contribution in [0.1, 0.15) is 36.6 Å². The molecule has 164 valence electrons. The molecule has 0 unspecified atom stereocenters. The number of hydrogen-bond acceptors (Lipinski definition) is 7. The number of anilines is 2.